The Morgan fingerprint density at radius 2 is 1.33 bits per heavy atom. The lowest BCUT2D eigenvalue weighted by molar-refractivity contribution is 0.0323. The number of unbranched alkanes of at least 4 members (excludes halogenated alkanes) is 4. The van der Waals surface area contributed by atoms with Gasteiger partial charge in [0.05, 0.1) is 0 Å². The summed E-state index contributed by atoms with van der Waals surface area (Å²) in [4.78, 5) is 0. The summed E-state index contributed by atoms with van der Waals surface area (Å²) >= 11 is 0. The van der Waals surface area contributed by atoms with Gasteiger partial charge in [0.2, 0.25) is 0 Å². The maximum Gasteiger partial charge on any atom is 0.501 e. The molecular formula is C14H32O3Si. The maximum absolute atomic E-state index is 6.00. The van der Waals surface area contributed by atoms with Crippen molar-refractivity contribution in [3.05, 3.63) is 0 Å². The third kappa shape index (κ3) is 8.24. The van der Waals surface area contributed by atoms with Crippen LogP contribution < -0.4 is 0 Å². The van der Waals surface area contributed by atoms with Crippen LogP contribution in [0.4, 0.5) is 0 Å². The van der Waals surface area contributed by atoms with E-state index in [0.717, 1.165) is 12.5 Å². The quantitative estimate of drug-likeness (QED) is 0.414. The van der Waals surface area contributed by atoms with Crippen molar-refractivity contribution < 1.29 is 13.3 Å². The molecule has 0 aliphatic heterocycles. The van der Waals surface area contributed by atoms with Crippen LogP contribution in [0.2, 0.25) is 6.04 Å². The van der Waals surface area contributed by atoms with E-state index < -0.39 is 8.80 Å². The molecule has 0 saturated carbocycles. The fourth-order valence-electron chi connectivity index (χ4n) is 2.01. The topological polar surface area (TPSA) is 27.7 Å². The minimum atomic E-state index is -2.46. The maximum atomic E-state index is 6.00. The first-order valence-electron chi connectivity index (χ1n) is 7.36. The Morgan fingerprint density at radius 1 is 0.833 bits per heavy atom. The van der Waals surface area contributed by atoms with E-state index in [0.29, 0.717) is 0 Å². The molecule has 18 heavy (non-hydrogen) atoms. The van der Waals surface area contributed by atoms with E-state index in [9.17, 15) is 0 Å². The Kier molecular flexibility index (Phi) is 10.0. The van der Waals surface area contributed by atoms with E-state index in [1.165, 1.54) is 25.7 Å². The lowest BCUT2D eigenvalue weighted by Gasteiger charge is -2.31. The molecular weight excluding hydrogens is 244 g/mol. The van der Waals surface area contributed by atoms with Gasteiger partial charge in [-0.2, -0.15) is 0 Å². The van der Waals surface area contributed by atoms with Crippen LogP contribution in [0.15, 0.2) is 0 Å². The standard InChI is InChI=1S/C14H32O3Si/c1-7-8-9-10-11-12-18(15-6,16-13(2)3)17-14(4)5/h13-14H,7-12H2,1-6H3. The van der Waals surface area contributed by atoms with Crippen molar-refractivity contribution in [1.82, 2.24) is 0 Å². The number of hydrogen-bond acceptors (Lipinski definition) is 3. The molecule has 0 fully saturated rings. The summed E-state index contributed by atoms with van der Waals surface area (Å²) in [5, 5.41) is 0. The Bertz CT molecular complexity index is 185. The third-order valence-corrected chi connectivity index (χ3v) is 5.98. The monoisotopic (exact) mass is 276 g/mol. The van der Waals surface area contributed by atoms with Gasteiger partial charge >= 0.3 is 8.80 Å². The minimum Gasteiger partial charge on any atom is -0.377 e. The van der Waals surface area contributed by atoms with E-state index in [1.54, 1.807) is 7.11 Å². The van der Waals surface area contributed by atoms with E-state index >= 15 is 0 Å². The van der Waals surface area contributed by atoms with E-state index in [2.05, 4.69) is 6.92 Å². The predicted molar refractivity (Wildman–Crippen MR) is 78.8 cm³/mol. The first-order chi connectivity index (χ1) is 8.45. The Balaban J connectivity index is 4.25. The molecule has 0 aliphatic carbocycles. The molecule has 0 bridgehead atoms. The number of rotatable bonds is 11. The molecule has 0 N–H and O–H groups in total. The van der Waals surface area contributed by atoms with Gasteiger partial charge < -0.3 is 13.3 Å². The van der Waals surface area contributed by atoms with Crippen LogP contribution >= 0.6 is 0 Å². The molecule has 0 saturated heterocycles. The van der Waals surface area contributed by atoms with Gasteiger partial charge in [0.1, 0.15) is 0 Å². The first-order valence-corrected chi connectivity index (χ1v) is 9.29. The predicted octanol–water partition coefficient (Wildman–Crippen LogP) is 4.39. The van der Waals surface area contributed by atoms with E-state index in [-0.39, 0.29) is 12.2 Å². The van der Waals surface area contributed by atoms with Gasteiger partial charge in [-0.1, -0.05) is 32.6 Å². The second kappa shape index (κ2) is 9.95. The summed E-state index contributed by atoms with van der Waals surface area (Å²) < 4.78 is 17.7. The molecule has 0 aromatic heterocycles. The second-order valence-electron chi connectivity index (χ2n) is 5.38. The highest BCUT2D eigenvalue weighted by Gasteiger charge is 2.41. The van der Waals surface area contributed by atoms with Gasteiger partial charge in [-0.3, -0.25) is 0 Å². The van der Waals surface area contributed by atoms with Crippen LogP contribution in [0.25, 0.3) is 0 Å². The zero-order valence-electron chi connectivity index (χ0n) is 13.1. The van der Waals surface area contributed by atoms with Gasteiger partial charge in [-0.15, -0.1) is 0 Å². The zero-order valence-corrected chi connectivity index (χ0v) is 14.1. The molecule has 0 spiro atoms. The van der Waals surface area contributed by atoms with Gasteiger partial charge in [0, 0.05) is 25.4 Å². The summed E-state index contributed by atoms with van der Waals surface area (Å²) in [6.07, 6.45) is 6.59. The largest absolute Gasteiger partial charge is 0.501 e. The summed E-state index contributed by atoms with van der Waals surface area (Å²) in [7, 11) is -0.731. The Morgan fingerprint density at radius 3 is 1.72 bits per heavy atom. The molecule has 0 aliphatic rings. The van der Waals surface area contributed by atoms with Crippen LogP contribution in [0.5, 0.6) is 0 Å². The highest BCUT2D eigenvalue weighted by Crippen LogP contribution is 2.22. The minimum absolute atomic E-state index is 0.158. The van der Waals surface area contributed by atoms with Crippen molar-refractivity contribution in [3.8, 4) is 0 Å². The SMILES string of the molecule is CCCCCCC[Si](OC)(OC(C)C)OC(C)C. The van der Waals surface area contributed by atoms with Crippen molar-refractivity contribution in [1.29, 1.82) is 0 Å². The molecule has 4 heteroatoms. The van der Waals surface area contributed by atoms with Gasteiger partial charge in [0.15, 0.2) is 0 Å². The zero-order chi connectivity index (χ0) is 14.0. The van der Waals surface area contributed by atoms with Crippen LogP contribution in [0, 0.1) is 0 Å². The molecule has 0 atom stereocenters. The summed E-state index contributed by atoms with van der Waals surface area (Å²) in [6, 6.07) is 0.934. The van der Waals surface area contributed by atoms with Crippen molar-refractivity contribution in [2.45, 2.75) is 85.0 Å². The molecule has 0 rings (SSSR count). The molecule has 0 aromatic carbocycles. The Hall–Kier alpha value is 0.0969. The summed E-state index contributed by atoms with van der Waals surface area (Å²) in [5.41, 5.74) is 0. The second-order valence-corrected chi connectivity index (χ2v) is 8.13. The lowest BCUT2D eigenvalue weighted by Crippen LogP contribution is -2.48. The molecule has 0 aromatic rings. The summed E-state index contributed by atoms with van der Waals surface area (Å²) in [5.74, 6) is 0. The van der Waals surface area contributed by atoms with E-state index in [1.807, 2.05) is 27.7 Å². The van der Waals surface area contributed by atoms with Crippen molar-refractivity contribution in [2.24, 2.45) is 0 Å². The van der Waals surface area contributed by atoms with Gasteiger partial charge in [-0.25, -0.2) is 0 Å². The molecule has 0 radical (unpaired) electrons. The average Bonchev–Trinajstić information content (AvgIpc) is 2.27. The van der Waals surface area contributed by atoms with Crippen molar-refractivity contribution in [2.75, 3.05) is 7.11 Å². The summed E-state index contributed by atoms with van der Waals surface area (Å²) in [6.45, 7) is 10.4. The van der Waals surface area contributed by atoms with Crippen molar-refractivity contribution >= 4 is 8.80 Å². The van der Waals surface area contributed by atoms with Crippen LogP contribution in [-0.2, 0) is 13.3 Å². The van der Waals surface area contributed by atoms with Crippen molar-refractivity contribution in [3.63, 3.8) is 0 Å². The third-order valence-electron chi connectivity index (χ3n) is 2.73. The fourth-order valence-corrected chi connectivity index (χ4v) is 4.81. The fraction of sp³-hybridized carbons (Fsp3) is 1.00. The van der Waals surface area contributed by atoms with Gasteiger partial charge in [-0.05, 0) is 34.1 Å². The van der Waals surface area contributed by atoms with Gasteiger partial charge in [0.25, 0.3) is 0 Å². The molecule has 110 valence electrons. The highest BCUT2D eigenvalue weighted by molar-refractivity contribution is 6.60. The highest BCUT2D eigenvalue weighted by atomic mass is 28.4. The smallest absolute Gasteiger partial charge is 0.377 e. The molecule has 0 amide bonds. The average molecular weight is 276 g/mol. The van der Waals surface area contributed by atoms with Crippen LogP contribution in [0.1, 0.15) is 66.7 Å². The molecule has 0 unspecified atom stereocenters. The Labute approximate surface area is 115 Å². The van der Waals surface area contributed by atoms with Crippen LogP contribution in [-0.4, -0.2) is 28.1 Å². The van der Waals surface area contributed by atoms with Crippen LogP contribution in [0.3, 0.4) is 0 Å². The first kappa shape index (κ1) is 18.1. The normalized spacial score (nSPS) is 12.7. The lowest BCUT2D eigenvalue weighted by atomic mass is 10.2. The molecule has 0 heterocycles. The molecule has 3 nitrogen and oxygen atoms in total. The van der Waals surface area contributed by atoms with E-state index in [4.69, 9.17) is 13.3 Å². The number of hydrogen-bond donors (Lipinski definition) is 0.